The lowest BCUT2D eigenvalue weighted by Gasteiger charge is -2.55. The summed E-state index contributed by atoms with van der Waals surface area (Å²) < 4.78 is 5.86. The van der Waals surface area contributed by atoms with E-state index >= 15 is 0 Å². The van der Waals surface area contributed by atoms with Crippen molar-refractivity contribution in [2.45, 2.75) is 51.9 Å². The second-order valence-electron chi connectivity index (χ2n) is 7.63. The fourth-order valence-electron chi connectivity index (χ4n) is 3.98. The number of nitrogens with one attached hydrogen (secondary N) is 2. The Hall–Kier alpha value is -1.11. The summed E-state index contributed by atoms with van der Waals surface area (Å²) in [4.78, 5) is 5.59. The van der Waals surface area contributed by atoms with Crippen LogP contribution in [0.2, 0.25) is 0 Å². The summed E-state index contributed by atoms with van der Waals surface area (Å²) in [5, 5.41) is 19.6. The molecule has 0 aromatic carbocycles. The number of guanidine groups is 1. The monoisotopic (exact) mass is 351 g/mol. The van der Waals surface area contributed by atoms with Gasteiger partial charge in [0.15, 0.2) is 5.96 Å². The van der Waals surface area contributed by atoms with Gasteiger partial charge in [-0.2, -0.15) is 0 Å². The molecule has 2 heterocycles. The number of nitrogens with zero attached hydrogens (tertiary/aromatic N) is 1. The Morgan fingerprint density at radius 1 is 1.54 bits per heavy atom. The number of fused-ring (bicyclic) bond motifs is 1. The van der Waals surface area contributed by atoms with Crippen LogP contribution >= 0.6 is 11.3 Å². The molecule has 3 N–H and O–H groups in total. The Balaban J connectivity index is 1.68. The van der Waals surface area contributed by atoms with Gasteiger partial charge in [-0.3, -0.25) is 0 Å². The molecule has 1 aromatic rings. The van der Waals surface area contributed by atoms with Crippen LogP contribution in [0.3, 0.4) is 0 Å². The van der Waals surface area contributed by atoms with Crippen molar-refractivity contribution < 1.29 is 9.84 Å². The molecule has 2 aliphatic rings. The van der Waals surface area contributed by atoms with Crippen LogP contribution in [0.1, 0.15) is 39.0 Å². The highest BCUT2D eigenvalue weighted by Crippen LogP contribution is 2.52. The van der Waals surface area contributed by atoms with Gasteiger partial charge in [0.1, 0.15) is 5.60 Å². The molecule has 0 bridgehead atoms. The SMILES string of the molecule is CCNC(=NCC(C)(O)c1cccs1)NC1C2CCOC2C1(C)C. The van der Waals surface area contributed by atoms with Gasteiger partial charge in [-0.15, -0.1) is 11.3 Å². The zero-order valence-corrected chi connectivity index (χ0v) is 15.8. The molecule has 1 aromatic heterocycles. The normalized spacial score (nSPS) is 31.0. The van der Waals surface area contributed by atoms with Crippen LogP contribution < -0.4 is 10.6 Å². The first-order chi connectivity index (χ1) is 11.4. The number of aliphatic imine (C=N–C) groups is 1. The third-order valence-corrected chi connectivity index (χ3v) is 6.46. The van der Waals surface area contributed by atoms with Gasteiger partial charge in [-0.05, 0) is 31.7 Å². The maximum absolute atomic E-state index is 10.7. The minimum atomic E-state index is -0.940. The molecule has 1 saturated heterocycles. The molecule has 1 aliphatic heterocycles. The standard InChI is InChI=1S/C18H29N3O2S/c1-5-19-16(20-11-18(4,22)13-7-6-10-24-13)21-14-12-8-9-23-15(12)17(14,2)3/h6-7,10,12,14-15,22H,5,8-9,11H2,1-4H3,(H2,19,20,21). The molecule has 0 spiro atoms. The van der Waals surface area contributed by atoms with Gasteiger partial charge in [0.2, 0.25) is 0 Å². The van der Waals surface area contributed by atoms with Crippen LogP contribution in [0, 0.1) is 11.3 Å². The number of hydrogen-bond acceptors (Lipinski definition) is 4. The minimum absolute atomic E-state index is 0.105. The summed E-state index contributed by atoms with van der Waals surface area (Å²) in [7, 11) is 0. The average molecular weight is 352 g/mol. The molecular weight excluding hydrogens is 322 g/mol. The van der Waals surface area contributed by atoms with Gasteiger partial charge in [0, 0.05) is 35.4 Å². The van der Waals surface area contributed by atoms with Crippen molar-refractivity contribution in [3.8, 4) is 0 Å². The van der Waals surface area contributed by atoms with Crippen LogP contribution in [0.15, 0.2) is 22.5 Å². The molecule has 134 valence electrons. The first kappa shape index (κ1) is 17.7. The quantitative estimate of drug-likeness (QED) is 0.563. The Morgan fingerprint density at radius 2 is 2.33 bits per heavy atom. The van der Waals surface area contributed by atoms with Crippen LogP contribution in [0.4, 0.5) is 0 Å². The van der Waals surface area contributed by atoms with E-state index in [2.05, 4.69) is 36.4 Å². The molecule has 6 heteroatoms. The van der Waals surface area contributed by atoms with E-state index in [0.29, 0.717) is 24.6 Å². The number of hydrogen-bond donors (Lipinski definition) is 3. The first-order valence-corrected chi connectivity index (χ1v) is 9.67. The second kappa shape index (κ2) is 6.65. The smallest absolute Gasteiger partial charge is 0.191 e. The molecule has 24 heavy (non-hydrogen) atoms. The van der Waals surface area contributed by atoms with Gasteiger partial charge < -0.3 is 20.5 Å². The summed E-state index contributed by atoms with van der Waals surface area (Å²) >= 11 is 1.56. The van der Waals surface area contributed by atoms with E-state index in [1.165, 1.54) is 0 Å². The maximum atomic E-state index is 10.7. The van der Waals surface area contributed by atoms with Crippen molar-refractivity contribution >= 4 is 17.3 Å². The van der Waals surface area contributed by atoms with Crippen molar-refractivity contribution in [3.05, 3.63) is 22.4 Å². The lowest BCUT2D eigenvalue weighted by Crippen LogP contribution is -2.68. The van der Waals surface area contributed by atoms with Crippen LogP contribution in [0.25, 0.3) is 0 Å². The van der Waals surface area contributed by atoms with E-state index < -0.39 is 5.60 Å². The fraction of sp³-hybridized carbons (Fsp3) is 0.722. The summed E-state index contributed by atoms with van der Waals surface area (Å²) in [6, 6.07) is 4.27. The molecule has 0 amide bonds. The molecule has 0 radical (unpaired) electrons. The van der Waals surface area contributed by atoms with Crippen LogP contribution in [-0.4, -0.2) is 42.9 Å². The molecule has 1 aliphatic carbocycles. The second-order valence-corrected chi connectivity index (χ2v) is 8.58. The Kier molecular flexibility index (Phi) is 4.91. The predicted molar refractivity (Wildman–Crippen MR) is 98.4 cm³/mol. The van der Waals surface area contributed by atoms with E-state index in [4.69, 9.17) is 4.74 Å². The molecule has 1 saturated carbocycles. The maximum Gasteiger partial charge on any atom is 0.191 e. The zero-order valence-electron chi connectivity index (χ0n) is 15.0. The molecular formula is C18H29N3O2S. The van der Waals surface area contributed by atoms with Gasteiger partial charge in [0.05, 0.1) is 12.6 Å². The van der Waals surface area contributed by atoms with Crippen molar-refractivity contribution in [1.82, 2.24) is 10.6 Å². The lowest BCUT2D eigenvalue weighted by molar-refractivity contribution is -0.106. The highest BCUT2D eigenvalue weighted by Gasteiger charge is 2.59. The first-order valence-electron chi connectivity index (χ1n) is 8.79. The molecule has 4 unspecified atom stereocenters. The molecule has 3 rings (SSSR count). The van der Waals surface area contributed by atoms with Crippen LogP contribution in [-0.2, 0) is 10.3 Å². The van der Waals surface area contributed by atoms with E-state index in [-0.39, 0.29) is 5.41 Å². The lowest BCUT2D eigenvalue weighted by atomic mass is 9.57. The number of rotatable bonds is 5. The van der Waals surface area contributed by atoms with E-state index in [0.717, 1.165) is 30.4 Å². The van der Waals surface area contributed by atoms with Crippen LogP contribution in [0.5, 0.6) is 0 Å². The highest BCUT2D eigenvalue weighted by atomic mass is 32.1. The Bertz CT molecular complexity index is 583. The Labute approximate surface area is 148 Å². The van der Waals surface area contributed by atoms with E-state index in [1.54, 1.807) is 11.3 Å². The third kappa shape index (κ3) is 3.19. The van der Waals surface area contributed by atoms with Gasteiger partial charge >= 0.3 is 0 Å². The van der Waals surface area contributed by atoms with Crippen molar-refractivity contribution in [2.24, 2.45) is 16.3 Å². The summed E-state index contributed by atoms with van der Waals surface area (Å²) in [6.07, 6.45) is 1.46. The molecule has 5 nitrogen and oxygen atoms in total. The van der Waals surface area contributed by atoms with Crippen molar-refractivity contribution in [2.75, 3.05) is 19.7 Å². The third-order valence-electron chi connectivity index (χ3n) is 5.33. The topological polar surface area (TPSA) is 65.9 Å². The number of thiophene rings is 1. The number of aliphatic hydroxyl groups is 1. The number of ether oxygens (including phenoxy) is 1. The van der Waals surface area contributed by atoms with E-state index in [9.17, 15) is 5.11 Å². The minimum Gasteiger partial charge on any atom is -0.383 e. The fourth-order valence-corrected chi connectivity index (χ4v) is 4.76. The summed E-state index contributed by atoms with van der Waals surface area (Å²) in [5.74, 6) is 1.33. The highest BCUT2D eigenvalue weighted by molar-refractivity contribution is 7.10. The largest absolute Gasteiger partial charge is 0.383 e. The van der Waals surface area contributed by atoms with E-state index in [1.807, 2.05) is 24.4 Å². The van der Waals surface area contributed by atoms with Crippen molar-refractivity contribution in [3.63, 3.8) is 0 Å². The summed E-state index contributed by atoms with van der Waals surface area (Å²) in [5.41, 5.74) is -0.835. The summed E-state index contributed by atoms with van der Waals surface area (Å²) in [6.45, 7) is 10.4. The molecule has 2 fully saturated rings. The predicted octanol–water partition coefficient (Wildman–Crippen LogP) is 2.32. The van der Waals surface area contributed by atoms with Gasteiger partial charge in [0.25, 0.3) is 0 Å². The Morgan fingerprint density at radius 3 is 3.00 bits per heavy atom. The van der Waals surface area contributed by atoms with Crippen molar-refractivity contribution in [1.29, 1.82) is 0 Å². The van der Waals surface area contributed by atoms with Gasteiger partial charge in [-0.25, -0.2) is 4.99 Å². The van der Waals surface area contributed by atoms with Gasteiger partial charge in [-0.1, -0.05) is 19.9 Å². The molecule has 4 atom stereocenters. The average Bonchev–Trinajstić information content (AvgIpc) is 3.19. The zero-order chi connectivity index (χ0) is 17.4.